The molecule has 4 aliphatic carbocycles. The number of para-hydroxylation sites is 1. The van der Waals surface area contributed by atoms with Crippen LogP contribution in [-0.4, -0.2) is 28.7 Å². The summed E-state index contributed by atoms with van der Waals surface area (Å²) in [5.41, 5.74) is -2.98. The summed E-state index contributed by atoms with van der Waals surface area (Å²) in [7, 11) is 0. The van der Waals surface area contributed by atoms with Gasteiger partial charge in [0.15, 0.2) is 6.10 Å². The van der Waals surface area contributed by atoms with Crippen LogP contribution in [0.3, 0.4) is 0 Å². The monoisotopic (exact) mass is 411 g/mol. The maximum atomic E-state index is 13.1. The van der Waals surface area contributed by atoms with Gasteiger partial charge >= 0.3 is 12.1 Å². The number of carbonyl (C=O) groups is 2. The van der Waals surface area contributed by atoms with E-state index in [2.05, 4.69) is 5.32 Å². The van der Waals surface area contributed by atoms with Crippen molar-refractivity contribution in [3.05, 3.63) is 29.8 Å². The van der Waals surface area contributed by atoms with E-state index in [1.54, 1.807) is 0 Å². The number of alkyl halides is 3. The summed E-state index contributed by atoms with van der Waals surface area (Å²) in [5, 5.41) is 13.0. The van der Waals surface area contributed by atoms with Crippen molar-refractivity contribution < 1.29 is 32.6 Å². The van der Waals surface area contributed by atoms with E-state index in [0.717, 1.165) is 18.6 Å². The van der Waals surface area contributed by atoms with Gasteiger partial charge < -0.3 is 15.2 Å². The van der Waals surface area contributed by atoms with Crippen LogP contribution in [0.15, 0.2) is 24.3 Å². The molecule has 2 unspecified atom stereocenters. The van der Waals surface area contributed by atoms with Gasteiger partial charge in [-0.25, -0.2) is 0 Å². The SMILES string of the molecule is C[C@H](OC(=O)C12C[C@@H]3C[C@@H](CC(O)(C3)C1)C2)C(=O)Nc1ccccc1C(F)(F)F. The highest BCUT2D eigenvalue weighted by atomic mass is 19.4. The fourth-order valence-corrected chi connectivity index (χ4v) is 5.87. The number of hydrogen-bond donors (Lipinski definition) is 2. The topological polar surface area (TPSA) is 75.6 Å². The highest BCUT2D eigenvalue weighted by Crippen LogP contribution is 2.62. The van der Waals surface area contributed by atoms with E-state index in [0.29, 0.717) is 32.1 Å². The average Bonchev–Trinajstić information content (AvgIpc) is 2.59. The van der Waals surface area contributed by atoms with Gasteiger partial charge in [0, 0.05) is 0 Å². The molecule has 0 spiro atoms. The Labute approximate surface area is 166 Å². The first-order chi connectivity index (χ1) is 13.5. The van der Waals surface area contributed by atoms with Crippen molar-refractivity contribution in [2.75, 3.05) is 5.32 Å². The first-order valence-corrected chi connectivity index (χ1v) is 9.90. The Morgan fingerprint density at radius 3 is 2.38 bits per heavy atom. The second-order valence-electron chi connectivity index (χ2n) is 9.05. The molecule has 8 heteroatoms. The van der Waals surface area contributed by atoms with Gasteiger partial charge in [-0.3, -0.25) is 9.59 Å². The maximum Gasteiger partial charge on any atom is 0.418 e. The number of nitrogens with one attached hydrogen (secondary N) is 1. The van der Waals surface area contributed by atoms with Crippen LogP contribution in [0, 0.1) is 17.3 Å². The summed E-state index contributed by atoms with van der Waals surface area (Å²) in [6.07, 6.45) is -1.86. The Balaban J connectivity index is 1.44. The smallest absolute Gasteiger partial charge is 0.418 e. The minimum absolute atomic E-state index is 0.275. The van der Waals surface area contributed by atoms with Gasteiger partial charge in [0.2, 0.25) is 0 Å². The molecule has 158 valence electrons. The third-order valence-corrected chi connectivity index (χ3v) is 6.61. The Morgan fingerprint density at radius 2 is 1.79 bits per heavy atom. The molecule has 0 aromatic heterocycles. The number of aliphatic hydroxyl groups is 1. The van der Waals surface area contributed by atoms with Crippen LogP contribution in [0.4, 0.5) is 18.9 Å². The van der Waals surface area contributed by atoms with E-state index in [1.165, 1.54) is 19.1 Å². The van der Waals surface area contributed by atoms with E-state index in [9.17, 15) is 27.9 Å². The normalized spacial score (nSPS) is 34.0. The Bertz CT molecular complexity index is 823. The van der Waals surface area contributed by atoms with Crippen molar-refractivity contribution in [1.82, 2.24) is 0 Å². The maximum absolute atomic E-state index is 13.1. The van der Waals surface area contributed by atoms with Crippen molar-refractivity contribution in [3.8, 4) is 0 Å². The third kappa shape index (κ3) is 3.74. The summed E-state index contributed by atoms with van der Waals surface area (Å²) in [4.78, 5) is 25.4. The molecule has 0 saturated heterocycles. The van der Waals surface area contributed by atoms with E-state index >= 15 is 0 Å². The van der Waals surface area contributed by atoms with E-state index in [4.69, 9.17) is 4.74 Å². The number of amides is 1. The van der Waals surface area contributed by atoms with Gasteiger partial charge in [-0.2, -0.15) is 13.2 Å². The molecule has 2 N–H and O–H groups in total. The number of hydrogen-bond acceptors (Lipinski definition) is 4. The second kappa shape index (κ2) is 6.72. The van der Waals surface area contributed by atoms with Crippen LogP contribution in [0.1, 0.15) is 51.0 Å². The van der Waals surface area contributed by atoms with Gasteiger partial charge in [-0.15, -0.1) is 0 Å². The van der Waals surface area contributed by atoms with Crippen LogP contribution in [-0.2, 0) is 20.5 Å². The first-order valence-electron chi connectivity index (χ1n) is 9.90. The van der Waals surface area contributed by atoms with Gasteiger partial charge in [0.25, 0.3) is 5.91 Å². The van der Waals surface area contributed by atoms with E-state index in [-0.39, 0.29) is 17.5 Å². The first kappa shape index (κ1) is 20.2. The molecule has 4 bridgehead atoms. The zero-order valence-corrected chi connectivity index (χ0v) is 16.1. The largest absolute Gasteiger partial charge is 0.452 e. The summed E-state index contributed by atoms with van der Waals surface area (Å²) >= 11 is 0. The molecule has 1 aromatic carbocycles. The molecule has 0 radical (unpaired) electrons. The number of benzene rings is 1. The van der Waals surface area contributed by atoms with Crippen molar-refractivity contribution in [1.29, 1.82) is 0 Å². The Morgan fingerprint density at radius 1 is 1.17 bits per heavy atom. The van der Waals surface area contributed by atoms with Crippen molar-refractivity contribution in [2.24, 2.45) is 17.3 Å². The van der Waals surface area contributed by atoms with Crippen LogP contribution < -0.4 is 5.32 Å². The van der Waals surface area contributed by atoms with Crippen molar-refractivity contribution in [2.45, 2.75) is 63.3 Å². The number of halogens is 3. The fourth-order valence-electron chi connectivity index (χ4n) is 5.87. The lowest BCUT2D eigenvalue weighted by atomic mass is 9.48. The number of anilines is 1. The molecule has 0 heterocycles. The van der Waals surface area contributed by atoms with Crippen molar-refractivity contribution in [3.63, 3.8) is 0 Å². The van der Waals surface area contributed by atoms with E-state index in [1.807, 2.05) is 0 Å². The summed E-state index contributed by atoms with van der Waals surface area (Å²) < 4.78 is 44.7. The highest BCUT2D eigenvalue weighted by molar-refractivity contribution is 5.96. The molecule has 5 nitrogen and oxygen atoms in total. The van der Waals surface area contributed by atoms with Gasteiger partial charge in [-0.05, 0) is 69.4 Å². The predicted molar refractivity (Wildman–Crippen MR) is 97.7 cm³/mol. The molecule has 5 atom stereocenters. The number of rotatable bonds is 4. The predicted octanol–water partition coefficient (Wildman–Crippen LogP) is 3.91. The fraction of sp³-hybridized carbons (Fsp3) is 0.619. The van der Waals surface area contributed by atoms with Crippen LogP contribution >= 0.6 is 0 Å². The number of carbonyl (C=O) groups excluding carboxylic acids is 2. The van der Waals surface area contributed by atoms with Gasteiger partial charge in [0.1, 0.15) is 0 Å². The molecule has 4 fully saturated rings. The molecule has 4 aliphatic rings. The highest BCUT2D eigenvalue weighted by Gasteiger charge is 2.61. The minimum atomic E-state index is -4.61. The molecule has 4 saturated carbocycles. The van der Waals surface area contributed by atoms with Crippen LogP contribution in [0.25, 0.3) is 0 Å². The quantitative estimate of drug-likeness (QED) is 0.737. The van der Waals surface area contributed by atoms with E-state index < -0.39 is 40.7 Å². The molecular weight excluding hydrogens is 387 g/mol. The molecule has 1 amide bonds. The molecule has 0 aliphatic heterocycles. The molecule has 29 heavy (non-hydrogen) atoms. The minimum Gasteiger partial charge on any atom is -0.452 e. The molecule has 5 rings (SSSR count). The number of esters is 1. The third-order valence-electron chi connectivity index (χ3n) is 6.61. The molecular formula is C21H24F3NO4. The standard InChI is InChI=1S/C21H24F3NO4/c1-12(17(26)25-16-5-3-2-4-15(16)21(22,23)24)29-18(27)19-7-13-6-14(8-19)10-20(28,9-13)11-19/h2-5,12-14,28H,6-11H2,1H3,(H,25,26)/t12-,13-,14+,19?,20?/m0/s1. The lowest BCUT2D eigenvalue weighted by Gasteiger charge is -2.58. The zero-order chi connectivity index (χ0) is 21.0. The zero-order valence-electron chi connectivity index (χ0n) is 16.1. The van der Waals surface area contributed by atoms with Gasteiger partial charge in [-0.1, -0.05) is 12.1 Å². The summed E-state index contributed by atoms with van der Waals surface area (Å²) in [6.45, 7) is 1.35. The average molecular weight is 411 g/mol. The van der Waals surface area contributed by atoms with Gasteiger partial charge in [0.05, 0.1) is 22.3 Å². The second-order valence-corrected chi connectivity index (χ2v) is 9.05. The van der Waals surface area contributed by atoms with Crippen LogP contribution in [0.2, 0.25) is 0 Å². The lowest BCUT2D eigenvalue weighted by molar-refractivity contribution is -0.199. The Kier molecular flexibility index (Phi) is 4.68. The summed E-state index contributed by atoms with van der Waals surface area (Å²) in [5.74, 6) is -0.802. The van der Waals surface area contributed by atoms with Crippen molar-refractivity contribution >= 4 is 17.6 Å². The lowest BCUT2D eigenvalue weighted by Crippen LogP contribution is -2.59. The van der Waals surface area contributed by atoms with Crippen LogP contribution in [0.5, 0.6) is 0 Å². The Hall–Kier alpha value is -2.09. The number of ether oxygens (including phenoxy) is 1. The molecule has 1 aromatic rings. The summed E-state index contributed by atoms with van der Waals surface area (Å²) in [6, 6.07) is 4.66.